The van der Waals surface area contributed by atoms with E-state index in [2.05, 4.69) is 20.5 Å². The second kappa shape index (κ2) is 6.87. The zero-order valence-corrected chi connectivity index (χ0v) is 18.0. The monoisotopic (exact) mass is 444 g/mol. The van der Waals surface area contributed by atoms with Gasteiger partial charge in [-0.1, -0.05) is 0 Å². The van der Waals surface area contributed by atoms with Gasteiger partial charge >= 0.3 is 0 Å². The van der Waals surface area contributed by atoms with Crippen molar-refractivity contribution in [3.05, 3.63) is 59.2 Å². The van der Waals surface area contributed by atoms with Gasteiger partial charge in [-0.3, -0.25) is 4.40 Å². The summed E-state index contributed by atoms with van der Waals surface area (Å²) in [5.74, 6) is 3.16. The summed E-state index contributed by atoms with van der Waals surface area (Å²) < 4.78 is 28.7. The maximum absolute atomic E-state index is 14.8. The van der Waals surface area contributed by atoms with Crippen molar-refractivity contribution in [2.24, 2.45) is 0 Å². The smallest absolute Gasteiger partial charge is 0.170 e. The third-order valence-corrected chi connectivity index (χ3v) is 6.75. The van der Waals surface area contributed by atoms with Crippen molar-refractivity contribution in [1.29, 1.82) is 0 Å². The highest BCUT2D eigenvalue weighted by atomic mass is 19.1. The Morgan fingerprint density at radius 1 is 1.09 bits per heavy atom. The number of nitrogens with one attached hydrogen (secondary N) is 1. The van der Waals surface area contributed by atoms with Gasteiger partial charge in [-0.05, 0) is 38.0 Å². The van der Waals surface area contributed by atoms with Gasteiger partial charge in [0.1, 0.15) is 23.7 Å². The van der Waals surface area contributed by atoms with Crippen molar-refractivity contribution >= 4 is 11.5 Å². The predicted octanol–water partition coefficient (Wildman–Crippen LogP) is 3.99. The summed E-state index contributed by atoms with van der Waals surface area (Å²) in [6.45, 7) is 3.14. The van der Waals surface area contributed by atoms with Gasteiger partial charge in [0, 0.05) is 46.6 Å². The van der Waals surface area contributed by atoms with E-state index in [1.165, 1.54) is 6.07 Å². The molecule has 4 aromatic rings. The topological polar surface area (TPSA) is 86.5 Å². The highest BCUT2D eigenvalue weighted by Gasteiger charge is 2.32. The van der Waals surface area contributed by atoms with Crippen molar-refractivity contribution in [1.82, 2.24) is 24.6 Å². The lowest BCUT2D eigenvalue weighted by Gasteiger charge is -2.17. The van der Waals surface area contributed by atoms with Gasteiger partial charge in [-0.25, -0.2) is 14.4 Å². The Bertz CT molecular complexity index is 1430. The van der Waals surface area contributed by atoms with Crippen LogP contribution in [-0.2, 0) is 6.54 Å². The standard InChI is InChI=1S/C24H21FN6O2/c1-12-16(7-26-22(29-12)13-2-3-13)15-6-20-24(31-11-28-30-23(15)31)27-8-17-18(25)4-5-19-21(17)14(9-32-19)10-33-20/h4-7,11,13-14,27H,2-3,8-10H2,1H3/t14-/m0/s1. The molecule has 0 bridgehead atoms. The number of benzene rings is 1. The van der Waals surface area contributed by atoms with Crippen molar-refractivity contribution in [2.45, 2.75) is 38.1 Å². The third kappa shape index (κ3) is 2.88. The molecule has 3 aromatic heterocycles. The molecule has 1 aromatic carbocycles. The lowest BCUT2D eigenvalue weighted by molar-refractivity contribution is 0.249. The first-order valence-corrected chi connectivity index (χ1v) is 11.2. The largest absolute Gasteiger partial charge is 0.493 e. The molecule has 0 radical (unpaired) electrons. The average Bonchev–Trinajstić information content (AvgIpc) is 3.38. The maximum Gasteiger partial charge on any atom is 0.170 e. The summed E-state index contributed by atoms with van der Waals surface area (Å²) in [6, 6.07) is 5.12. The molecular weight excluding hydrogens is 423 g/mol. The van der Waals surface area contributed by atoms with E-state index in [0.717, 1.165) is 46.8 Å². The molecule has 3 aliphatic rings. The van der Waals surface area contributed by atoms with E-state index in [0.29, 0.717) is 48.5 Å². The number of hydrogen-bond acceptors (Lipinski definition) is 7. The molecule has 1 saturated carbocycles. The van der Waals surface area contributed by atoms with Crippen molar-refractivity contribution in [3.63, 3.8) is 0 Å². The molecule has 0 spiro atoms. The Labute approximate surface area is 188 Å². The van der Waals surface area contributed by atoms with Crippen LogP contribution >= 0.6 is 0 Å². The summed E-state index contributed by atoms with van der Waals surface area (Å²) in [6.07, 6.45) is 5.82. The van der Waals surface area contributed by atoms with Gasteiger partial charge in [0.25, 0.3) is 0 Å². The molecule has 0 amide bonds. The van der Waals surface area contributed by atoms with E-state index in [1.54, 1.807) is 12.4 Å². The number of ether oxygens (including phenoxy) is 2. The quantitative estimate of drug-likeness (QED) is 0.500. The summed E-state index contributed by atoms with van der Waals surface area (Å²) in [5, 5.41) is 11.9. The maximum atomic E-state index is 14.8. The first kappa shape index (κ1) is 18.8. The Balaban J connectivity index is 1.36. The van der Waals surface area contributed by atoms with Crippen LogP contribution in [-0.4, -0.2) is 37.8 Å². The van der Waals surface area contributed by atoms with Crippen LogP contribution < -0.4 is 14.8 Å². The van der Waals surface area contributed by atoms with E-state index >= 15 is 0 Å². The predicted molar refractivity (Wildman–Crippen MR) is 118 cm³/mol. The van der Waals surface area contributed by atoms with Gasteiger partial charge in [0.15, 0.2) is 17.2 Å². The summed E-state index contributed by atoms with van der Waals surface area (Å²) >= 11 is 0. The van der Waals surface area contributed by atoms with Gasteiger partial charge < -0.3 is 14.8 Å². The van der Waals surface area contributed by atoms with Crippen LogP contribution in [0.3, 0.4) is 0 Å². The van der Waals surface area contributed by atoms with Crippen molar-refractivity contribution in [3.8, 4) is 22.6 Å². The fourth-order valence-corrected chi connectivity index (χ4v) is 4.87. The Kier molecular flexibility index (Phi) is 3.91. The molecule has 1 fully saturated rings. The Hall–Kier alpha value is -3.75. The number of aryl methyl sites for hydroxylation is 1. The Morgan fingerprint density at radius 3 is 2.76 bits per heavy atom. The van der Waals surface area contributed by atoms with E-state index in [9.17, 15) is 4.39 Å². The van der Waals surface area contributed by atoms with Crippen LogP contribution in [0, 0.1) is 12.7 Å². The number of aromatic nitrogens is 5. The molecular formula is C24H21FN6O2. The van der Waals surface area contributed by atoms with Gasteiger partial charge in [-0.15, -0.1) is 10.2 Å². The first-order valence-electron chi connectivity index (χ1n) is 11.2. The van der Waals surface area contributed by atoms with Crippen LogP contribution in [0.15, 0.2) is 30.7 Å². The molecule has 0 saturated heterocycles. The fraction of sp³-hybridized carbons (Fsp3) is 0.333. The van der Waals surface area contributed by atoms with Gasteiger partial charge in [-0.2, -0.15) is 0 Å². The molecule has 1 atom stereocenters. The van der Waals surface area contributed by atoms with Gasteiger partial charge in [0.05, 0.1) is 19.1 Å². The molecule has 166 valence electrons. The number of nitrogens with zero attached hydrogens (tertiary/aromatic N) is 5. The molecule has 1 aliphatic carbocycles. The van der Waals surface area contributed by atoms with Crippen LogP contribution in [0.5, 0.6) is 11.5 Å². The normalized spacial score (nSPS) is 18.9. The number of anilines is 1. The minimum atomic E-state index is -0.250. The summed E-state index contributed by atoms with van der Waals surface area (Å²) in [4.78, 5) is 9.36. The minimum Gasteiger partial charge on any atom is -0.493 e. The summed E-state index contributed by atoms with van der Waals surface area (Å²) in [5.41, 5.74) is 4.79. The van der Waals surface area contributed by atoms with Crippen LogP contribution in [0.4, 0.5) is 10.2 Å². The highest BCUT2D eigenvalue weighted by Crippen LogP contribution is 2.42. The number of fused-ring (bicyclic) bond motifs is 3. The lowest BCUT2D eigenvalue weighted by Crippen LogP contribution is -2.13. The number of hydrogen-bond donors (Lipinski definition) is 1. The van der Waals surface area contributed by atoms with Gasteiger partial charge in [0.2, 0.25) is 0 Å². The van der Waals surface area contributed by atoms with E-state index in [4.69, 9.17) is 14.5 Å². The molecule has 8 nitrogen and oxygen atoms in total. The minimum absolute atomic E-state index is 0.0404. The number of pyridine rings is 1. The molecule has 33 heavy (non-hydrogen) atoms. The number of halogens is 1. The Morgan fingerprint density at radius 2 is 1.94 bits per heavy atom. The molecule has 5 heterocycles. The summed E-state index contributed by atoms with van der Waals surface area (Å²) in [7, 11) is 0. The zero-order chi connectivity index (χ0) is 22.1. The van der Waals surface area contributed by atoms with Crippen LogP contribution in [0.25, 0.3) is 16.8 Å². The first-order chi connectivity index (χ1) is 16.2. The van der Waals surface area contributed by atoms with E-state index in [1.807, 2.05) is 23.6 Å². The average molecular weight is 444 g/mol. The molecule has 9 heteroatoms. The second-order valence-electron chi connectivity index (χ2n) is 8.91. The SMILES string of the molecule is Cc1nc(C2CC2)ncc1-c1cc2c(n3cnnc13)NCc1c(F)ccc3c1[C@@H](CO3)CO2. The molecule has 1 N–H and O–H groups in total. The van der Waals surface area contributed by atoms with E-state index in [-0.39, 0.29) is 11.7 Å². The molecule has 0 unspecified atom stereocenters. The fourth-order valence-electron chi connectivity index (χ4n) is 4.87. The van der Waals surface area contributed by atoms with Crippen LogP contribution in [0.2, 0.25) is 0 Å². The number of rotatable bonds is 2. The van der Waals surface area contributed by atoms with Crippen molar-refractivity contribution < 1.29 is 13.9 Å². The van der Waals surface area contributed by atoms with Crippen molar-refractivity contribution in [2.75, 3.05) is 18.5 Å². The lowest BCUT2D eigenvalue weighted by atomic mass is 9.96. The molecule has 7 rings (SSSR count). The molecule has 2 aliphatic heterocycles. The second-order valence-corrected chi connectivity index (χ2v) is 8.91. The third-order valence-electron chi connectivity index (χ3n) is 6.75. The van der Waals surface area contributed by atoms with E-state index < -0.39 is 0 Å². The highest BCUT2D eigenvalue weighted by molar-refractivity contribution is 5.82. The van der Waals surface area contributed by atoms with Crippen LogP contribution in [0.1, 0.15) is 47.3 Å². The zero-order valence-electron chi connectivity index (χ0n) is 18.0.